The lowest BCUT2D eigenvalue weighted by atomic mass is 10.0. The van der Waals surface area contributed by atoms with E-state index < -0.39 is 18.2 Å². The van der Waals surface area contributed by atoms with E-state index in [0.29, 0.717) is 13.1 Å². The maximum Gasteiger partial charge on any atom is 0.414 e. The number of carbonyl (C=O) groups is 2. The molecule has 2 aromatic rings. The summed E-state index contributed by atoms with van der Waals surface area (Å²) in [6.45, 7) is 4.38. The molecule has 2 fully saturated rings. The Morgan fingerprint density at radius 2 is 2.00 bits per heavy atom. The number of esters is 1. The maximum atomic E-state index is 12.4. The number of aromatic nitrogens is 3. The summed E-state index contributed by atoms with van der Waals surface area (Å²) < 4.78 is 11.8. The number of cyclic esters (lactones) is 1. The highest BCUT2D eigenvalue weighted by Gasteiger charge is 2.33. The minimum atomic E-state index is -0.533. The van der Waals surface area contributed by atoms with Crippen molar-refractivity contribution in [2.75, 3.05) is 36.0 Å². The summed E-state index contributed by atoms with van der Waals surface area (Å²) in [5.74, 6) is -0.533. The fraction of sp³-hybridized carbons (Fsp3) is 0.409. The van der Waals surface area contributed by atoms with Crippen LogP contribution in [0.4, 0.5) is 16.2 Å². The zero-order valence-corrected chi connectivity index (χ0v) is 17.8. The zero-order valence-electron chi connectivity index (χ0n) is 17.8. The smallest absolute Gasteiger partial charge is 0.414 e. The van der Waals surface area contributed by atoms with Crippen molar-refractivity contribution >= 4 is 23.4 Å². The van der Waals surface area contributed by atoms with E-state index in [1.54, 1.807) is 17.9 Å². The molecule has 32 heavy (non-hydrogen) atoms. The number of amides is 1. The van der Waals surface area contributed by atoms with Crippen LogP contribution in [0.1, 0.15) is 30.3 Å². The molecule has 3 heterocycles. The number of carbonyl (C=O) groups excluding carboxylic acids is 2. The van der Waals surface area contributed by atoms with Crippen molar-refractivity contribution < 1.29 is 19.1 Å². The Bertz CT molecular complexity index is 1050. The predicted molar refractivity (Wildman–Crippen MR) is 115 cm³/mol. The Labute approximate surface area is 185 Å². The first-order chi connectivity index (χ1) is 15.6. The topological polar surface area (TPSA) is 114 Å². The van der Waals surface area contributed by atoms with Gasteiger partial charge in [-0.05, 0) is 44.0 Å². The molecule has 0 unspecified atom stereocenters. The van der Waals surface area contributed by atoms with Crippen LogP contribution in [0.5, 0.6) is 0 Å². The van der Waals surface area contributed by atoms with Crippen molar-refractivity contribution in [1.82, 2.24) is 15.0 Å². The molecule has 1 aromatic heterocycles. The number of rotatable bonds is 6. The van der Waals surface area contributed by atoms with Gasteiger partial charge in [-0.2, -0.15) is 5.26 Å². The van der Waals surface area contributed by atoms with E-state index in [1.165, 1.54) is 16.5 Å². The van der Waals surface area contributed by atoms with Crippen LogP contribution in [0.3, 0.4) is 0 Å². The van der Waals surface area contributed by atoms with Crippen LogP contribution in [0.15, 0.2) is 42.1 Å². The molecule has 2 saturated heterocycles. The Kier molecular flexibility index (Phi) is 6.35. The number of piperidine rings is 1. The van der Waals surface area contributed by atoms with E-state index in [1.807, 2.05) is 24.3 Å². The molecule has 0 bridgehead atoms. The van der Waals surface area contributed by atoms with Gasteiger partial charge in [-0.25, -0.2) is 14.3 Å². The van der Waals surface area contributed by atoms with Gasteiger partial charge in [0.25, 0.3) is 0 Å². The molecule has 2 aliphatic heterocycles. The lowest BCUT2D eigenvalue weighted by Gasteiger charge is -2.30. The summed E-state index contributed by atoms with van der Waals surface area (Å²) in [5.41, 5.74) is 3.15. The summed E-state index contributed by atoms with van der Waals surface area (Å²) in [4.78, 5) is 28.0. The van der Waals surface area contributed by atoms with Crippen LogP contribution < -0.4 is 9.80 Å². The average Bonchev–Trinajstić information content (AvgIpc) is 3.41. The highest BCUT2D eigenvalue weighted by atomic mass is 16.6. The monoisotopic (exact) mass is 436 g/mol. The normalized spacial score (nSPS) is 18.3. The molecule has 2 aliphatic rings. The molecule has 0 spiro atoms. The van der Waals surface area contributed by atoms with Crippen molar-refractivity contribution in [3.63, 3.8) is 0 Å². The van der Waals surface area contributed by atoms with Gasteiger partial charge < -0.3 is 14.4 Å². The summed E-state index contributed by atoms with van der Waals surface area (Å²) in [5, 5.41) is 16.5. The molecule has 1 atom stereocenters. The first kappa shape index (κ1) is 21.4. The Morgan fingerprint density at radius 1 is 1.28 bits per heavy atom. The molecule has 1 aromatic carbocycles. The van der Waals surface area contributed by atoms with Crippen LogP contribution in [0.25, 0.3) is 0 Å². The van der Waals surface area contributed by atoms with Gasteiger partial charge in [-0.15, -0.1) is 5.10 Å². The molecule has 4 rings (SSSR count). The van der Waals surface area contributed by atoms with Gasteiger partial charge in [0.2, 0.25) is 0 Å². The molecule has 0 N–H and O–H groups in total. The third-order valence-electron chi connectivity index (χ3n) is 5.49. The van der Waals surface area contributed by atoms with Crippen molar-refractivity contribution in [3.8, 4) is 6.07 Å². The maximum absolute atomic E-state index is 12.4. The second kappa shape index (κ2) is 9.51. The molecule has 0 radical (unpaired) electrons. The number of anilines is 2. The molecule has 10 heteroatoms. The van der Waals surface area contributed by atoms with Gasteiger partial charge in [0, 0.05) is 30.5 Å². The van der Waals surface area contributed by atoms with Gasteiger partial charge in [-0.1, -0.05) is 10.8 Å². The van der Waals surface area contributed by atoms with Crippen LogP contribution in [-0.2, 0) is 16.0 Å². The molecule has 1 amide bonds. The van der Waals surface area contributed by atoms with Crippen molar-refractivity contribution in [1.29, 1.82) is 5.26 Å². The van der Waals surface area contributed by atoms with E-state index in [2.05, 4.69) is 21.3 Å². The van der Waals surface area contributed by atoms with Gasteiger partial charge in [0.15, 0.2) is 5.69 Å². The molecule has 0 aliphatic carbocycles. The first-order valence-electron chi connectivity index (χ1n) is 10.6. The zero-order chi connectivity index (χ0) is 22.5. The Balaban J connectivity index is 1.35. The Hall–Kier alpha value is -3.87. The van der Waals surface area contributed by atoms with Crippen LogP contribution >= 0.6 is 0 Å². The number of hydrogen-bond acceptors (Lipinski definition) is 8. The third-order valence-corrected chi connectivity index (χ3v) is 5.49. The van der Waals surface area contributed by atoms with Crippen molar-refractivity contribution in [2.45, 2.75) is 32.4 Å². The van der Waals surface area contributed by atoms with Crippen molar-refractivity contribution in [3.05, 3.63) is 47.8 Å². The van der Waals surface area contributed by atoms with Gasteiger partial charge >= 0.3 is 12.1 Å². The van der Waals surface area contributed by atoms with E-state index in [0.717, 1.165) is 37.3 Å². The summed E-state index contributed by atoms with van der Waals surface area (Å²) in [6, 6.07) is 9.92. The predicted octanol–water partition coefficient (Wildman–Crippen LogP) is 2.53. The van der Waals surface area contributed by atoms with Gasteiger partial charge in [-0.3, -0.25) is 4.90 Å². The largest absolute Gasteiger partial charge is 0.461 e. The third kappa shape index (κ3) is 4.72. The van der Waals surface area contributed by atoms with E-state index in [9.17, 15) is 9.59 Å². The second-order valence-corrected chi connectivity index (χ2v) is 7.60. The van der Waals surface area contributed by atoms with Crippen LogP contribution in [0.2, 0.25) is 0 Å². The quantitative estimate of drug-likeness (QED) is 0.501. The van der Waals surface area contributed by atoms with Gasteiger partial charge in [0.05, 0.1) is 32.0 Å². The first-order valence-corrected chi connectivity index (χ1v) is 10.6. The average molecular weight is 436 g/mol. The fourth-order valence-corrected chi connectivity index (χ4v) is 3.85. The van der Waals surface area contributed by atoms with Gasteiger partial charge in [0.1, 0.15) is 6.10 Å². The molecule has 0 saturated carbocycles. The molecular formula is C22H24N6O4. The molecular weight excluding hydrogens is 412 g/mol. The second-order valence-electron chi connectivity index (χ2n) is 7.60. The number of nitrogens with zero attached hydrogens (tertiary/aromatic N) is 6. The highest BCUT2D eigenvalue weighted by molar-refractivity contribution is 5.90. The fourth-order valence-electron chi connectivity index (χ4n) is 3.85. The Morgan fingerprint density at radius 3 is 2.69 bits per heavy atom. The standard InChI is InChI=1S/C22H24N6O4/c1-2-31-21(29)20-15-27(25-24-20)13-19-14-28(22(30)32-19)18-5-3-17(4-6-18)26-11-8-16(7-10-23)9-12-26/h3-7,15,19H,2,8-9,11-14H2,1H3/t19-/m1/s1. The van der Waals surface area contributed by atoms with Crippen molar-refractivity contribution in [2.24, 2.45) is 0 Å². The summed E-state index contributed by atoms with van der Waals surface area (Å²) in [6.07, 6.45) is 4.07. The molecule has 10 nitrogen and oxygen atoms in total. The summed E-state index contributed by atoms with van der Waals surface area (Å²) >= 11 is 0. The number of nitriles is 1. The number of benzene rings is 1. The summed E-state index contributed by atoms with van der Waals surface area (Å²) in [7, 11) is 0. The number of ether oxygens (including phenoxy) is 2. The minimum absolute atomic E-state index is 0.122. The minimum Gasteiger partial charge on any atom is -0.461 e. The van der Waals surface area contributed by atoms with E-state index in [4.69, 9.17) is 14.7 Å². The number of allylic oxidation sites excluding steroid dienone is 1. The van der Waals surface area contributed by atoms with E-state index in [-0.39, 0.29) is 12.3 Å². The lowest BCUT2D eigenvalue weighted by molar-refractivity contribution is 0.0519. The SMILES string of the molecule is CCOC(=O)c1cn(C[C@@H]2CN(c3ccc(N4CCC(=CC#N)CC4)cc3)C(=O)O2)nn1. The number of hydrogen-bond donors (Lipinski definition) is 0. The highest BCUT2D eigenvalue weighted by Crippen LogP contribution is 2.27. The van der Waals surface area contributed by atoms with Crippen LogP contribution in [-0.4, -0.2) is 59.4 Å². The molecule has 166 valence electrons. The lowest BCUT2D eigenvalue weighted by Crippen LogP contribution is -2.30. The van der Waals surface area contributed by atoms with Crippen LogP contribution in [0, 0.1) is 11.3 Å². The van der Waals surface area contributed by atoms with E-state index >= 15 is 0 Å².